The van der Waals surface area contributed by atoms with Gasteiger partial charge < -0.3 is 14.8 Å². The Morgan fingerprint density at radius 3 is 2.71 bits per heavy atom. The van der Waals surface area contributed by atoms with Gasteiger partial charge in [-0.2, -0.15) is 0 Å². The average molecular weight is 201 g/mol. The lowest BCUT2D eigenvalue weighted by Gasteiger charge is -2.15. The quantitative estimate of drug-likeness (QED) is 0.454. The van der Waals surface area contributed by atoms with Crippen molar-refractivity contribution in [2.24, 2.45) is 0 Å². The minimum absolute atomic E-state index is 0.438. The molecule has 0 aliphatic rings. The molecule has 84 valence electrons. The summed E-state index contributed by atoms with van der Waals surface area (Å²) in [4.78, 5) is 0. The zero-order valence-electron chi connectivity index (χ0n) is 9.64. The molecule has 3 nitrogen and oxygen atoms in total. The predicted molar refractivity (Wildman–Crippen MR) is 59.6 cm³/mol. The van der Waals surface area contributed by atoms with Gasteiger partial charge in [-0.25, -0.2) is 0 Å². The van der Waals surface area contributed by atoms with Crippen LogP contribution in [-0.4, -0.2) is 39.5 Å². The van der Waals surface area contributed by atoms with Crippen LogP contribution in [0.1, 0.15) is 20.3 Å². The molecule has 0 aromatic carbocycles. The highest BCUT2D eigenvalue weighted by atomic mass is 16.5. The van der Waals surface area contributed by atoms with E-state index in [9.17, 15) is 0 Å². The molecule has 1 N–H and O–H groups in total. The number of rotatable bonds is 9. The van der Waals surface area contributed by atoms with Crippen molar-refractivity contribution in [3.05, 3.63) is 12.2 Å². The molecule has 3 heteroatoms. The maximum atomic E-state index is 5.37. The zero-order chi connectivity index (χ0) is 10.8. The molecule has 1 unspecified atom stereocenters. The van der Waals surface area contributed by atoms with Gasteiger partial charge in [0, 0.05) is 19.7 Å². The molecule has 0 fully saturated rings. The smallest absolute Gasteiger partial charge is 0.0672 e. The van der Waals surface area contributed by atoms with Crippen molar-refractivity contribution in [3.8, 4) is 0 Å². The van der Waals surface area contributed by atoms with E-state index in [0.717, 1.165) is 31.8 Å². The van der Waals surface area contributed by atoms with Crippen molar-refractivity contribution in [1.29, 1.82) is 0 Å². The van der Waals surface area contributed by atoms with Gasteiger partial charge >= 0.3 is 0 Å². The van der Waals surface area contributed by atoms with E-state index in [0.29, 0.717) is 12.6 Å². The molecule has 0 saturated carbocycles. The fourth-order valence-electron chi connectivity index (χ4n) is 1.10. The molecule has 0 amide bonds. The van der Waals surface area contributed by atoms with Gasteiger partial charge in [0.25, 0.3) is 0 Å². The molecule has 0 aromatic heterocycles. The second-order valence-electron chi connectivity index (χ2n) is 3.52. The maximum absolute atomic E-state index is 5.37. The Kier molecular flexibility index (Phi) is 8.94. The molecule has 0 spiro atoms. The lowest BCUT2D eigenvalue weighted by Crippen LogP contribution is -2.35. The molecule has 1 atom stereocenters. The monoisotopic (exact) mass is 201 g/mol. The van der Waals surface area contributed by atoms with Gasteiger partial charge in [-0.05, 0) is 13.3 Å². The third-order valence-electron chi connectivity index (χ3n) is 1.89. The van der Waals surface area contributed by atoms with Gasteiger partial charge in [0.2, 0.25) is 0 Å². The van der Waals surface area contributed by atoms with Crippen LogP contribution in [0.3, 0.4) is 0 Å². The summed E-state index contributed by atoms with van der Waals surface area (Å²) in [6.07, 6.45) is 1.08. The Morgan fingerprint density at radius 1 is 1.50 bits per heavy atom. The van der Waals surface area contributed by atoms with Crippen molar-refractivity contribution in [3.63, 3.8) is 0 Å². The van der Waals surface area contributed by atoms with Crippen molar-refractivity contribution in [1.82, 2.24) is 5.32 Å². The fourth-order valence-corrected chi connectivity index (χ4v) is 1.10. The SMILES string of the molecule is C=C(C)COCCNC(CC)COC. The predicted octanol–water partition coefficient (Wildman–Crippen LogP) is 1.59. The summed E-state index contributed by atoms with van der Waals surface area (Å²) in [5.74, 6) is 0. The van der Waals surface area contributed by atoms with Crippen LogP contribution in [0.5, 0.6) is 0 Å². The Balaban J connectivity index is 3.28. The van der Waals surface area contributed by atoms with Gasteiger partial charge in [0.05, 0.1) is 19.8 Å². The molecule has 14 heavy (non-hydrogen) atoms. The largest absolute Gasteiger partial charge is 0.383 e. The van der Waals surface area contributed by atoms with Gasteiger partial charge in [-0.3, -0.25) is 0 Å². The number of methoxy groups -OCH3 is 1. The number of hydrogen-bond acceptors (Lipinski definition) is 3. The van der Waals surface area contributed by atoms with Gasteiger partial charge in [0.15, 0.2) is 0 Å². The van der Waals surface area contributed by atoms with Crippen LogP contribution in [0.25, 0.3) is 0 Å². The topological polar surface area (TPSA) is 30.5 Å². The van der Waals surface area contributed by atoms with E-state index >= 15 is 0 Å². The van der Waals surface area contributed by atoms with Crippen LogP contribution in [-0.2, 0) is 9.47 Å². The van der Waals surface area contributed by atoms with Crippen LogP contribution in [0.2, 0.25) is 0 Å². The first-order chi connectivity index (χ1) is 6.70. The average Bonchev–Trinajstić information content (AvgIpc) is 2.15. The third kappa shape index (κ3) is 8.23. The Morgan fingerprint density at radius 2 is 2.21 bits per heavy atom. The van der Waals surface area contributed by atoms with E-state index in [1.54, 1.807) is 7.11 Å². The summed E-state index contributed by atoms with van der Waals surface area (Å²) in [5, 5.41) is 3.36. The van der Waals surface area contributed by atoms with Crippen LogP contribution >= 0.6 is 0 Å². The number of hydrogen-bond donors (Lipinski definition) is 1. The number of ether oxygens (including phenoxy) is 2. The molecule has 0 bridgehead atoms. The fraction of sp³-hybridized carbons (Fsp3) is 0.818. The first kappa shape index (κ1) is 13.6. The van der Waals surface area contributed by atoms with Crippen LogP contribution in [0.15, 0.2) is 12.2 Å². The first-order valence-corrected chi connectivity index (χ1v) is 5.15. The second kappa shape index (κ2) is 9.19. The summed E-state index contributed by atoms with van der Waals surface area (Å²) in [5.41, 5.74) is 1.06. The van der Waals surface area contributed by atoms with Gasteiger partial charge in [0.1, 0.15) is 0 Å². The van der Waals surface area contributed by atoms with Crippen molar-refractivity contribution in [2.75, 3.05) is 33.5 Å². The molecule has 0 aliphatic heterocycles. The molecule has 0 aliphatic carbocycles. The van der Waals surface area contributed by atoms with Crippen molar-refractivity contribution in [2.45, 2.75) is 26.3 Å². The van der Waals surface area contributed by atoms with Crippen LogP contribution < -0.4 is 5.32 Å². The van der Waals surface area contributed by atoms with E-state index in [1.165, 1.54) is 0 Å². The summed E-state index contributed by atoms with van der Waals surface area (Å²) in [6.45, 7) is 10.9. The molecular weight excluding hydrogens is 178 g/mol. The third-order valence-corrected chi connectivity index (χ3v) is 1.89. The van der Waals surface area contributed by atoms with E-state index < -0.39 is 0 Å². The molecule has 0 rings (SSSR count). The van der Waals surface area contributed by atoms with Crippen molar-refractivity contribution >= 4 is 0 Å². The molecule has 0 heterocycles. The zero-order valence-corrected chi connectivity index (χ0v) is 9.64. The normalized spacial score (nSPS) is 12.8. The van der Waals surface area contributed by atoms with E-state index in [-0.39, 0.29) is 0 Å². The lowest BCUT2D eigenvalue weighted by atomic mass is 10.2. The Labute approximate surface area is 87.5 Å². The summed E-state index contributed by atoms with van der Waals surface area (Å²) >= 11 is 0. The summed E-state index contributed by atoms with van der Waals surface area (Å²) in [6, 6.07) is 0.438. The molecule has 0 saturated heterocycles. The maximum Gasteiger partial charge on any atom is 0.0672 e. The minimum atomic E-state index is 0.438. The van der Waals surface area contributed by atoms with Crippen LogP contribution in [0, 0.1) is 0 Å². The molecule has 0 radical (unpaired) electrons. The first-order valence-electron chi connectivity index (χ1n) is 5.15. The molecular formula is C11H23NO2. The lowest BCUT2D eigenvalue weighted by molar-refractivity contribution is 0.136. The minimum Gasteiger partial charge on any atom is -0.383 e. The summed E-state index contributed by atoms with van der Waals surface area (Å²) in [7, 11) is 1.72. The highest BCUT2D eigenvalue weighted by Crippen LogP contribution is 1.91. The standard InChI is InChI=1S/C11H23NO2/c1-5-11(9-13-4)12-6-7-14-8-10(2)3/h11-12H,2,5-9H2,1,3-4H3. The summed E-state index contributed by atoms with van der Waals surface area (Å²) < 4.78 is 10.4. The van der Waals surface area contributed by atoms with E-state index in [1.807, 2.05) is 6.92 Å². The van der Waals surface area contributed by atoms with Gasteiger partial charge in [-0.1, -0.05) is 19.1 Å². The van der Waals surface area contributed by atoms with Crippen LogP contribution in [0.4, 0.5) is 0 Å². The number of nitrogens with one attached hydrogen (secondary N) is 1. The Hall–Kier alpha value is -0.380. The van der Waals surface area contributed by atoms with Gasteiger partial charge in [-0.15, -0.1) is 0 Å². The van der Waals surface area contributed by atoms with Crippen molar-refractivity contribution < 1.29 is 9.47 Å². The highest BCUT2D eigenvalue weighted by molar-refractivity contribution is 4.87. The highest BCUT2D eigenvalue weighted by Gasteiger charge is 2.03. The Bertz CT molecular complexity index is 148. The second-order valence-corrected chi connectivity index (χ2v) is 3.52. The van der Waals surface area contributed by atoms with E-state index in [4.69, 9.17) is 9.47 Å². The molecule has 0 aromatic rings. The van der Waals surface area contributed by atoms with E-state index in [2.05, 4.69) is 18.8 Å².